The fourth-order valence-electron chi connectivity index (χ4n) is 1.10. The molecule has 0 atom stereocenters. The summed E-state index contributed by atoms with van der Waals surface area (Å²) in [5.41, 5.74) is 0. The van der Waals surface area contributed by atoms with Crippen LogP contribution in [0.15, 0.2) is 16.5 Å². The average molecular weight is 268 g/mol. The van der Waals surface area contributed by atoms with Gasteiger partial charge < -0.3 is 14.5 Å². The van der Waals surface area contributed by atoms with E-state index in [0.29, 0.717) is 5.76 Å². The Bertz CT molecular complexity index is 391. The standard InChI is InChI=1S/C9H11F3N2O4/c10-9(11,12)6-17-4-3-13-5-7-1-2-8(18-7)14(15)16/h1-2,13H,3-6H2. The van der Waals surface area contributed by atoms with Crippen molar-refractivity contribution in [1.29, 1.82) is 0 Å². The van der Waals surface area contributed by atoms with Crippen LogP contribution in [-0.2, 0) is 11.3 Å². The van der Waals surface area contributed by atoms with Gasteiger partial charge in [0.1, 0.15) is 17.3 Å². The van der Waals surface area contributed by atoms with Crippen LogP contribution in [0.4, 0.5) is 19.1 Å². The smallest absolute Gasteiger partial charge is 0.404 e. The van der Waals surface area contributed by atoms with E-state index in [-0.39, 0.29) is 25.6 Å². The first-order valence-electron chi connectivity index (χ1n) is 4.97. The Morgan fingerprint density at radius 1 is 1.44 bits per heavy atom. The number of alkyl halides is 3. The third-order valence-electron chi connectivity index (χ3n) is 1.82. The van der Waals surface area contributed by atoms with Crippen LogP contribution in [-0.4, -0.2) is 30.9 Å². The molecular formula is C9H11F3N2O4. The lowest BCUT2D eigenvalue weighted by atomic mass is 10.4. The normalized spacial score (nSPS) is 11.7. The van der Waals surface area contributed by atoms with E-state index in [9.17, 15) is 23.3 Å². The Morgan fingerprint density at radius 3 is 2.72 bits per heavy atom. The zero-order chi connectivity index (χ0) is 13.6. The van der Waals surface area contributed by atoms with Crippen LogP contribution in [0.1, 0.15) is 5.76 Å². The summed E-state index contributed by atoms with van der Waals surface area (Å²) in [7, 11) is 0. The van der Waals surface area contributed by atoms with Gasteiger partial charge in [0.15, 0.2) is 0 Å². The summed E-state index contributed by atoms with van der Waals surface area (Å²) in [4.78, 5) is 9.62. The lowest BCUT2D eigenvalue weighted by Crippen LogP contribution is -2.23. The van der Waals surface area contributed by atoms with Gasteiger partial charge in [-0.2, -0.15) is 13.2 Å². The zero-order valence-corrected chi connectivity index (χ0v) is 9.20. The van der Waals surface area contributed by atoms with Crippen LogP contribution in [0.5, 0.6) is 0 Å². The number of furan rings is 1. The summed E-state index contributed by atoms with van der Waals surface area (Å²) in [6.07, 6.45) is -4.33. The van der Waals surface area contributed by atoms with Gasteiger partial charge in [0, 0.05) is 6.54 Å². The number of ether oxygens (including phenoxy) is 1. The van der Waals surface area contributed by atoms with Gasteiger partial charge in [-0.3, -0.25) is 10.1 Å². The Labute approximate surface area is 99.9 Å². The van der Waals surface area contributed by atoms with Crippen molar-refractivity contribution in [2.24, 2.45) is 0 Å². The molecule has 6 nitrogen and oxygen atoms in total. The van der Waals surface area contributed by atoms with Crippen molar-refractivity contribution in [2.45, 2.75) is 12.7 Å². The van der Waals surface area contributed by atoms with Crippen LogP contribution in [0.3, 0.4) is 0 Å². The quantitative estimate of drug-likeness (QED) is 0.464. The molecule has 1 N–H and O–H groups in total. The third-order valence-corrected chi connectivity index (χ3v) is 1.82. The van der Waals surface area contributed by atoms with E-state index in [1.54, 1.807) is 0 Å². The SMILES string of the molecule is O=[N+]([O-])c1ccc(CNCCOCC(F)(F)F)o1. The van der Waals surface area contributed by atoms with Crippen molar-refractivity contribution in [1.82, 2.24) is 5.32 Å². The first-order valence-corrected chi connectivity index (χ1v) is 4.97. The van der Waals surface area contributed by atoms with Crippen molar-refractivity contribution in [3.05, 3.63) is 28.0 Å². The molecule has 0 unspecified atom stereocenters. The van der Waals surface area contributed by atoms with Crippen LogP contribution >= 0.6 is 0 Å². The minimum atomic E-state index is -4.33. The van der Waals surface area contributed by atoms with E-state index in [1.165, 1.54) is 12.1 Å². The highest BCUT2D eigenvalue weighted by Crippen LogP contribution is 2.15. The van der Waals surface area contributed by atoms with E-state index >= 15 is 0 Å². The van der Waals surface area contributed by atoms with Gasteiger partial charge >= 0.3 is 12.1 Å². The number of nitrogens with one attached hydrogen (secondary N) is 1. The second-order valence-corrected chi connectivity index (χ2v) is 3.34. The molecule has 0 spiro atoms. The molecule has 102 valence electrons. The molecule has 1 heterocycles. The number of hydrogen-bond acceptors (Lipinski definition) is 5. The topological polar surface area (TPSA) is 77.5 Å². The monoisotopic (exact) mass is 268 g/mol. The van der Waals surface area contributed by atoms with Gasteiger partial charge in [-0.25, -0.2) is 0 Å². The molecule has 0 aromatic carbocycles. The van der Waals surface area contributed by atoms with E-state index < -0.39 is 17.7 Å². The van der Waals surface area contributed by atoms with Crippen molar-refractivity contribution < 1.29 is 27.2 Å². The third kappa shape index (κ3) is 5.64. The largest absolute Gasteiger partial charge is 0.433 e. The molecule has 18 heavy (non-hydrogen) atoms. The first kappa shape index (κ1) is 14.5. The van der Waals surface area contributed by atoms with E-state index in [0.717, 1.165) is 0 Å². The minimum absolute atomic E-state index is 0.109. The second-order valence-electron chi connectivity index (χ2n) is 3.34. The minimum Gasteiger partial charge on any atom is -0.404 e. The molecule has 1 rings (SSSR count). The molecule has 9 heteroatoms. The fraction of sp³-hybridized carbons (Fsp3) is 0.556. The number of hydrogen-bond donors (Lipinski definition) is 1. The zero-order valence-electron chi connectivity index (χ0n) is 9.20. The molecule has 0 amide bonds. The number of halogens is 3. The highest BCUT2D eigenvalue weighted by molar-refractivity contribution is 5.17. The molecule has 1 aromatic rings. The summed E-state index contributed by atoms with van der Waals surface area (Å²) >= 11 is 0. The van der Waals surface area contributed by atoms with Crippen LogP contribution in [0, 0.1) is 10.1 Å². The van der Waals surface area contributed by atoms with Crippen molar-refractivity contribution in [3.8, 4) is 0 Å². The molecule has 0 bridgehead atoms. The summed E-state index contributed by atoms with van der Waals surface area (Å²) in [5, 5.41) is 13.0. The Hall–Kier alpha value is -1.61. The molecule has 0 fully saturated rings. The van der Waals surface area contributed by atoms with E-state index in [2.05, 4.69) is 10.1 Å². The maximum absolute atomic E-state index is 11.7. The summed E-state index contributed by atoms with van der Waals surface area (Å²) < 4.78 is 44.2. The van der Waals surface area contributed by atoms with Gasteiger partial charge in [-0.05, 0) is 6.07 Å². The Morgan fingerprint density at radius 2 is 2.17 bits per heavy atom. The Kier molecular flexibility index (Phi) is 5.10. The molecule has 0 aliphatic heterocycles. The highest BCUT2D eigenvalue weighted by Gasteiger charge is 2.27. The van der Waals surface area contributed by atoms with Gasteiger partial charge in [0.05, 0.1) is 19.2 Å². The predicted octanol–water partition coefficient (Wildman–Crippen LogP) is 1.86. The van der Waals surface area contributed by atoms with Gasteiger partial charge in [-0.1, -0.05) is 0 Å². The van der Waals surface area contributed by atoms with Crippen LogP contribution in [0.2, 0.25) is 0 Å². The molecule has 0 saturated heterocycles. The maximum atomic E-state index is 11.7. The molecule has 1 aromatic heterocycles. The van der Waals surface area contributed by atoms with Gasteiger partial charge in [0.2, 0.25) is 0 Å². The first-order chi connectivity index (χ1) is 8.38. The molecule has 0 aliphatic carbocycles. The van der Waals surface area contributed by atoms with Crippen molar-refractivity contribution in [3.63, 3.8) is 0 Å². The summed E-state index contributed by atoms with van der Waals surface area (Å²) in [6.45, 7) is -1.03. The molecule has 0 radical (unpaired) electrons. The van der Waals surface area contributed by atoms with E-state index in [1.807, 2.05) is 0 Å². The average Bonchev–Trinajstić information content (AvgIpc) is 2.70. The second kappa shape index (κ2) is 6.36. The van der Waals surface area contributed by atoms with Crippen molar-refractivity contribution >= 4 is 5.88 Å². The van der Waals surface area contributed by atoms with Gasteiger partial charge in [-0.15, -0.1) is 0 Å². The van der Waals surface area contributed by atoms with Gasteiger partial charge in [0.25, 0.3) is 0 Å². The summed E-state index contributed by atoms with van der Waals surface area (Å²) in [6, 6.07) is 2.62. The van der Waals surface area contributed by atoms with E-state index in [4.69, 9.17) is 4.42 Å². The lowest BCUT2D eigenvalue weighted by Gasteiger charge is -2.07. The summed E-state index contributed by atoms with van der Waals surface area (Å²) in [5.74, 6) is -0.0438. The van der Waals surface area contributed by atoms with Crippen LogP contribution < -0.4 is 5.32 Å². The molecule has 0 aliphatic rings. The number of nitrogens with zero attached hydrogens (tertiary/aromatic N) is 1. The molecule has 0 saturated carbocycles. The van der Waals surface area contributed by atoms with Crippen molar-refractivity contribution in [2.75, 3.05) is 19.8 Å². The van der Waals surface area contributed by atoms with Crippen LogP contribution in [0.25, 0.3) is 0 Å². The molecular weight excluding hydrogens is 257 g/mol. The fourth-order valence-corrected chi connectivity index (χ4v) is 1.10. The highest BCUT2D eigenvalue weighted by atomic mass is 19.4. The predicted molar refractivity (Wildman–Crippen MR) is 53.9 cm³/mol. The number of nitro groups is 1. The number of rotatable bonds is 7. The lowest BCUT2D eigenvalue weighted by molar-refractivity contribution is -0.402. The maximum Gasteiger partial charge on any atom is 0.433 e. The Balaban J connectivity index is 2.12.